The van der Waals surface area contributed by atoms with Gasteiger partial charge in [0.15, 0.2) is 0 Å². The summed E-state index contributed by atoms with van der Waals surface area (Å²) in [6.07, 6.45) is 4.02. The van der Waals surface area contributed by atoms with E-state index in [1.165, 1.54) is 4.90 Å². The van der Waals surface area contributed by atoms with E-state index < -0.39 is 5.54 Å². The number of methoxy groups -OCH3 is 1. The molecule has 1 spiro atoms. The van der Waals surface area contributed by atoms with Crippen LogP contribution in [0.4, 0.5) is 10.5 Å². The zero-order chi connectivity index (χ0) is 21.7. The Balaban J connectivity index is 1.64. The Morgan fingerprint density at radius 3 is 2.67 bits per heavy atom. The van der Waals surface area contributed by atoms with Crippen LogP contribution >= 0.6 is 0 Å². The van der Waals surface area contributed by atoms with Gasteiger partial charge in [-0.25, -0.2) is 9.69 Å². The molecule has 2 aliphatic rings. The Kier molecular flexibility index (Phi) is 6.97. The Labute approximate surface area is 177 Å². The fourth-order valence-electron chi connectivity index (χ4n) is 4.26. The molecule has 2 fully saturated rings. The van der Waals surface area contributed by atoms with Crippen LogP contribution in [0.25, 0.3) is 0 Å². The molecular weight excluding hydrogens is 384 g/mol. The van der Waals surface area contributed by atoms with Crippen molar-refractivity contribution in [1.82, 2.24) is 15.1 Å². The van der Waals surface area contributed by atoms with Gasteiger partial charge in [-0.15, -0.1) is 0 Å². The summed E-state index contributed by atoms with van der Waals surface area (Å²) in [5.41, 5.74) is -0.173. The van der Waals surface area contributed by atoms with E-state index >= 15 is 0 Å². The van der Waals surface area contributed by atoms with Crippen molar-refractivity contribution in [3.05, 3.63) is 24.3 Å². The van der Waals surface area contributed by atoms with Crippen LogP contribution in [-0.4, -0.2) is 60.1 Å². The van der Waals surface area contributed by atoms with Gasteiger partial charge in [0, 0.05) is 6.54 Å². The van der Waals surface area contributed by atoms with E-state index in [1.807, 2.05) is 24.0 Å². The summed E-state index contributed by atoms with van der Waals surface area (Å²) in [5.74, 6) is 0.770. The van der Waals surface area contributed by atoms with Crippen molar-refractivity contribution < 1.29 is 19.1 Å². The fraction of sp³-hybridized carbons (Fsp3) is 0.591. The second-order valence-corrected chi connectivity index (χ2v) is 8.37. The average Bonchev–Trinajstić information content (AvgIpc) is 2.95. The van der Waals surface area contributed by atoms with Crippen LogP contribution in [0, 0.1) is 5.92 Å². The molecule has 164 valence electrons. The molecule has 8 heteroatoms. The molecule has 8 nitrogen and oxygen atoms in total. The smallest absolute Gasteiger partial charge is 0.326 e. The largest absolute Gasteiger partial charge is 0.495 e. The molecular formula is C22H32N4O4. The lowest BCUT2D eigenvalue weighted by molar-refractivity contribution is -0.134. The number of para-hydroxylation sites is 2. The SMILES string of the molecule is CCCN(CC(=O)Nc1ccccc1OC)CN1C(=O)NC2(CCC(C)CC2)C1=O. The number of urea groups is 1. The number of hydrogen-bond acceptors (Lipinski definition) is 5. The molecule has 0 bridgehead atoms. The highest BCUT2D eigenvalue weighted by atomic mass is 16.5. The topological polar surface area (TPSA) is 91.0 Å². The minimum absolute atomic E-state index is 0.0764. The van der Waals surface area contributed by atoms with Crippen molar-refractivity contribution in [3.8, 4) is 5.75 Å². The number of anilines is 1. The number of carbonyl (C=O) groups excluding carboxylic acids is 3. The maximum atomic E-state index is 13.1. The van der Waals surface area contributed by atoms with Crippen LogP contribution < -0.4 is 15.4 Å². The van der Waals surface area contributed by atoms with Crippen LogP contribution in [0.1, 0.15) is 46.0 Å². The first-order valence-electron chi connectivity index (χ1n) is 10.7. The molecule has 1 saturated heterocycles. The molecule has 2 N–H and O–H groups in total. The molecule has 1 aliphatic heterocycles. The lowest BCUT2D eigenvalue weighted by atomic mass is 9.77. The van der Waals surface area contributed by atoms with Gasteiger partial charge in [0.1, 0.15) is 11.3 Å². The monoisotopic (exact) mass is 416 g/mol. The summed E-state index contributed by atoms with van der Waals surface area (Å²) in [6.45, 7) is 4.96. The molecule has 1 aliphatic carbocycles. The summed E-state index contributed by atoms with van der Waals surface area (Å²) >= 11 is 0. The molecule has 1 saturated carbocycles. The summed E-state index contributed by atoms with van der Waals surface area (Å²) in [6, 6.07) is 6.83. The number of nitrogens with one attached hydrogen (secondary N) is 2. The lowest BCUT2D eigenvalue weighted by Gasteiger charge is -2.34. The van der Waals surface area contributed by atoms with Crippen molar-refractivity contribution >= 4 is 23.5 Å². The highest BCUT2D eigenvalue weighted by Gasteiger charge is 2.52. The quantitative estimate of drug-likeness (QED) is 0.636. The number of benzene rings is 1. The van der Waals surface area contributed by atoms with E-state index in [4.69, 9.17) is 4.74 Å². The van der Waals surface area contributed by atoms with E-state index in [0.29, 0.717) is 36.7 Å². The van der Waals surface area contributed by atoms with E-state index in [9.17, 15) is 14.4 Å². The number of rotatable bonds is 8. The van der Waals surface area contributed by atoms with Gasteiger partial charge in [-0.05, 0) is 50.2 Å². The predicted molar refractivity (Wildman–Crippen MR) is 114 cm³/mol. The first-order valence-corrected chi connectivity index (χ1v) is 10.7. The third kappa shape index (κ3) is 4.75. The van der Waals surface area contributed by atoms with Gasteiger partial charge in [-0.1, -0.05) is 26.0 Å². The second kappa shape index (κ2) is 9.47. The van der Waals surface area contributed by atoms with Crippen LogP contribution in [0.3, 0.4) is 0 Å². The molecule has 1 aromatic carbocycles. The van der Waals surface area contributed by atoms with Gasteiger partial charge >= 0.3 is 6.03 Å². The first kappa shape index (κ1) is 22.1. The molecule has 1 aromatic rings. The molecule has 30 heavy (non-hydrogen) atoms. The maximum absolute atomic E-state index is 13.1. The van der Waals surface area contributed by atoms with Crippen molar-refractivity contribution in [2.24, 2.45) is 5.92 Å². The minimum atomic E-state index is -0.763. The molecule has 0 aromatic heterocycles. The van der Waals surface area contributed by atoms with Gasteiger partial charge in [0.25, 0.3) is 5.91 Å². The third-order valence-corrected chi connectivity index (χ3v) is 6.00. The number of carbonyl (C=O) groups is 3. The number of hydrogen-bond donors (Lipinski definition) is 2. The summed E-state index contributed by atoms with van der Waals surface area (Å²) in [5, 5.41) is 5.79. The zero-order valence-electron chi connectivity index (χ0n) is 18.1. The van der Waals surface area contributed by atoms with Gasteiger partial charge in [-0.2, -0.15) is 0 Å². The number of amides is 4. The summed E-state index contributed by atoms with van der Waals surface area (Å²) in [7, 11) is 1.55. The Morgan fingerprint density at radius 1 is 1.30 bits per heavy atom. The molecule has 0 unspecified atom stereocenters. The normalized spacial score (nSPS) is 23.7. The Bertz CT molecular complexity index is 789. The van der Waals surface area contributed by atoms with E-state index in [0.717, 1.165) is 19.3 Å². The van der Waals surface area contributed by atoms with E-state index in [1.54, 1.807) is 19.2 Å². The molecule has 4 amide bonds. The maximum Gasteiger partial charge on any atom is 0.326 e. The van der Waals surface area contributed by atoms with Crippen LogP contribution in [0.5, 0.6) is 5.75 Å². The molecule has 1 heterocycles. The number of nitrogens with zero attached hydrogens (tertiary/aromatic N) is 2. The second-order valence-electron chi connectivity index (χ2n) is 8.37. The predicted octanol–water partition coefficient (Wildman–Crippen LogP) is 2.80. The van der Waals surface area contributed by atoms with Crippen molar-refractivity contribution in [2.45, 2.75) is 51.5 Å². The molecule has 3 rings (SSSR count). The Hall–Kier alpha value is -2.61. The fourth-order valence-corrected chi connectivity index (χ4v) is 4.26. The van der Waals surface area contributed by atoms with Gasteiger partial charge in [0.2, 0.25) is 5.91 Å². The highest BCUT2D eigenvalue weighted by molar-refractivity contribution is 6.07. The van der Waals surface area contributed by atoms with Crippen molar-refractivity contribution in [1.29, 1.82) is 0 Å². The van der Waals surface area contributed by atoms with Gasteiger partial charge < -0.3 is 15.4 Å². The standard InChI is InChI=1S/C22H32N4O4/c1-4-13-25(14-19(27)23-17-7-5-6-8-18(17)30-3)15-26-20(28)22(24-21(26)29)11-9-16(2)10-12-22/h5-8,16H,4,9-15H2,1-3H3,(H,23,27)(H,24,29). The van der Waals surface area contributed by atoms with E-state index in [-0.39, 0.29) is 31.1 Å². The minimum Gasteiger partial charge on any atom is -0.495 e. The van der Waals surface area contributed by atoms with Gasteiger partial charge in [-0.3, -0.25) is 14.5 Å². The van der Waals surface area contributed by atoms with Crippen LogP contribution in [-0.2, 0) is 9.59 Å². The summed E-state index contributed by atoms with van der Waals surface area (Å²) in [4.78, 5) is 41.4. The summed E-state index contributed by atoms with van der Waals surface area (Å²) < 4.78 is 5.27. The first-order chi connectivity index (χ1) is 14.4. The zero-order valence-corrected chi connectivity index (χ0v) is 18.1. The van der Waals surface area contributed by atoms with E-state index in [2.05, 4.69) is 17.6 Å². The van der Waals surface area contributed by atoms with Crippen molar-refractivity contribution in [2.75, 3.05) is 32.2 Å². The van der Waals surface area contributed by atoms with Crippen LogP contribution in [0.15, 0.2) is 24.3 Å². The highest BCUT2D eigenvalue weighted by Crippen LogP contribution is 2.36. The lowest BCUT2D eigenvalue weighted by Crippen LogP contribution is -2.50. The molecule has 0 atom stereocenters. The Morgan fingerprint density at radius 2 is 2.00 bits per heavy atom. The van der Waals surface area contributed by atoms with Gasteiger partial charge in [0.05, 0.1) is 26.0 Å². The number of imide groups is 1. The third-order valence-electron chi connectivity index (χ3n) is 6.00. The van der Waals surface area contributed by atoms with Crippen LogP contribution in [0.2, 0.25) is 0 Å². The van der Waals surface area contributed by atoms with Crippen molar-refractivity contribution in [3.63, 3.8) is 0 Å². The number of ether oxygens (including phenoxy) is 1. The molecule has 0 radical (unpaired) electrons. The average molecular weight is 417 g/mol.